The van der Waals surface area contributed by atoms with Crippen LogP contribution in [0.1, 0.15) is 38.2 Å². The number of benzene rings is 1. The van der Waals surface area contributed by atoms with Crippen LogP contribution in [-0.4, -0.2) is 30.2 Å². The molecule has 0 bridgehead atoms. The summed E-state index contributed by atoms with van der Waals surface area (Å²) in [7, 11) is 0. The van der Waals surface area contributed by atoms with Crippen LogP contribution in [0.2, 0.25) is 0 Å². The molecule has 0 N–H and O–H groups in total. The normalized spacial score (nSPS) is 23.9. The first kappa shape index (κ1) is 14.6. The van der Waals surface area contributed by atoms with Crippen molar-refractivity contribution in [1.29, 1.82) is 0 Å². The van der Waals surface area contributed by atoms with Gasteiger partial charge in [-0.1, -0.05) is 56.5 Å². The van der Waals surface area contributed by atoms with Gasteiger partial charge in [0.05, 0.1) is 12.6 Å². The Morgan fingerprint density at radius 3 is 2.76 bits per heavy atom. The van der Waals surface area contributed by atoms with Crippen molar-refractivity contribution in [3.63, 3.8) is 0 Å². The summed E-state index contributed by atoms with van der Waals surface area (Å²) in [6, 6.07) is 10.6. The zero-order chi connectivity index (χ0) is 14.7. The highest BCUT2D eigenvalue weighted by Gasteiger charge is 2.33. The van der Waals surface area contributed by atoms with Crippen LogP contribution in [0.4, 0.5) is 0 Å². The van der Waals surface area contributed by atoms with Crippen LogP contribution < -0.4 is 0 Å². The fourth-order valence-corrected chi connectivity index (χ4v) is 3.39. The van der Waals surface area contributed by atoms with Gasteiger partial charge in [0.15, 0.2) is 0 Å². The van der Waals surface area contributed by atoms with Crippen molar-refractivity contribution in [2.45, 2.75) is 45.1 Å². The molecule has 1 saturated carbocycles. The first-order valence-corrected chi connectivity index (χ1v) is 8.16. The smallest absolute Gasteiger partial charge is 0.227 e. The Balaban J connectivity index is 1.58. The third-order valence-electron chi connectivity index (χ3n) is 4.91. The van der Waals surface area contributed by atoms with Gasteiger partial charge in [0.1, 0.15) is 6.73 Å². The average Bonchev–Trinajstić information content (AvgIpc) is 2.91. The topological polar surface area (TPSA) is 29.5 Å². The lowest BCUT2D eigenvalue weighted by atomic mass is 9.79. The van der Waals surface area contributed by atoms with Crippen LogP contribution in [0.5, 0.6) is 0 Å². The summed E-state index contributed by atoms with van der Waals surface area (Å²) in [5, 5.41) is 0. The maximum atomic E-state index is 12.7. The Morgan fingerprint density at radius 1 is 1.33 bits per heavy atom. The molecule has 114 valence electrons. The van der Waals surface area contributed by atoms with E-state index in [1.165, 1.54) is 24.8 Å². The van der Waals surface area contributed by atoms with Crippen molar-refractivity contribution in [3.05, 3.63) is 35.9 Å². The molecular weight excluding hydrogens is 262 g/mol. The minimum atomic E-state index is 0.135. The lowest BCUT2D eigenvalue weighted by Crippen LogP contribution is -2.41. The van der Waals surface area contributed by atoms with E-state index in [0.717, 1.165) is 18.8 Å². The molecule has 1 saturated heterocycles. The standard InChI is InChI=1S/C18H25NO2/c1-14(10-15-8-5-9-15)18(20)19-13-21-12-17(19)11-16-6-3-2-4-7-16/h2-4,6-7,14-15,17H,5,8-13H2,1H3. The summed E-state index contributed by atoms with van der Waals surface area (Å²) < 4.78 is 5.56. The van der Waals surface area contributed by atoms with Gasteiger partial charge in [-0.15, -0.1) is 0 Å². The van der Waals surface area contributed by atoms with E-state index < -0.39 is 0 Å². The van der Waals surface area contributed by atoms with Crippen molar-refractivity contribution in [2.24, 2.45) is 11.8 Å². The van der Waals surface area contributed by atoms with Crippen LogP contribution >= 0.6 is 0 Å². The molecule has 1 aromatic carbocycles. The number of ether oxygens (including phenoxy) is 1. The first-order chi connectivity index (χ1) is 10.2. The summed E-state index contributed by atoms with van der Waals surface area (Å²) in [5.41, 5.74) is 1.28. The number of nitrogens with zero attached hydrogens (tertiary/aromatic N) is 1. The van der Waals surface area contributed by atoms with Crippen LogP contribution in [0.15, 0.2) is 30.3 Å². The maximum Gasteiger partial charge on any atom is 0.227 e. The number of rotatable bonds is 5. The van der Waals surface area contributed by atoms with Gasteiger partial charge < -0.3 is 9.64 Å². The average molecular weight is 287 g/mol. The van der Waals surface area contributed by atoms with E-state index in [-0.39, 0.29) is 17.9 Å². The van der Waals surface area contributed by atoms with E-state index >= 15 is 0 Å². The molecule has 2 fully saturated rings. The molecule has 1 aliphatic heterocycles. The van der Waals surface area contributed by atoms with E-state index in [2.05, 4.69) is 31.2 Å². The second-order valence-electron chi connectivity index (χ2n) is 6.59. The lowest BCUT2D eigenvalue weighted by Gasteiger charge is -2.31. The second kappa shape index (κ2) is 6.61. The molecule has 21 heavy (non-hydrogen) atoms. The Kier molecular flexibility index (Phi) is 4.59. The molecule has 3 heteroatoms. The molecular formula is C18H25NO2. The summed E-state index contributed by atoms with van der Waals surface area (Å²) in [5.74, 6) is 1.19. The Labute approximate surface area is 127 Å². The Morgan fingerprint density at radius 2 is 2.10 bits per heavy atom. The maximum absolute atomic E-state index is 12.7. The summed E-state index contributed by atoms with van der Waals surface area (Å²) in [6.45, 7) is 3.21. The highest BCUT2D eigenvalue weighted by atomic mass is 16.5. The van der Waals surface area contributed by atoms with Gasteiger partial charge in [0.25, 0.3) is 0 Å². The molecule has 0 aromatic heterocycles. The van der Waals surface area contributed by atoms with E-state index in [4.69, 9.17) is 4.74 Å². The minimum Gasteiger partial charge on any atom is -0.359 e. The van der Waals surface area contributed by atoms with E-state index in [1.54, 1.807) is 0 Å². The number of hydrogen-bond donors (Lipinski definition) is 0. The van der Waals surface area contributed by atoms with Crippen molar-refractivity contribution < 1.29 is 9.53 Å². The van der Waals surface area contributed by atoms with E-state index in [0.29, 0.717) is 13.3 Å². The summed E-state index contributed by atoms with van der Waals surface area (Å²) in [6.07, 6.45) is 5.90. The largest absolute Gasteiger partial charge is 0.359 e. The molecule has 3 nitrogen and oxygen atoms in total. The van der Waals surface area contributed by atoms with Crippen molar-refractivity contribution in [2.75, 3.05) is 13.3 Å². The zero-order valence-corrected chi connectivity index (χ0v) is 12.8. The van der Waals surface area contributed by atoms with Crippen molar-refractivity contribution >= 4 is 5.91 Å². The van der Waals surface area contributed by atoms with E-state index in [9.17, 15) is 4.79 Å². The first-order valence-electron chi connectivity index (χ1n) is 8.16. The zero-order valence-electron chi connectivity index (χ0n) is 12.8. The van der Waals surface area contributed by atoms with Gasteiger partial charge in [-0.2, -0.15) is 0 Å². The molecule has 1 aromatic rings. The van der Waals surface area contributed by atoms with Crippen molar-refractivity contribution in [1.82, 2.24) is 4.90 Å². The molecule has 2 aliphatic rings. The molecule has 0 radical (unpaired) electrons. The van der Waals surface area contributed by atoms with Crippen LogP contribution in [0.25, 0.3) is 0 Å². The molecule has 1 aliphatic carbocycles. The molecule has 2 unspecified atom stereocenters. The monoisotopic (exact) mass is 287 g/mol. The number of carbonyl (C=O) groups is 1. The SMILES string of the molecule is CC(CC1CCC1)C(=O)N1COCC1Cc1ccccc1. The van der Waals surface area contributed by atoms with Gasteiger partial charge >= 0.3 is 0 Å². The van der Waals surface area contributed by atoms with Gasteiger partial charge in [-0.25, -0.2) is 0 Å². The molecule has 0 spiro atoms. The van der Waals surface area contributed by atoms with Crippen LogP contribution in [0, 0.1) is 11.8 Å². The van der Waals surface area contributed by atoms with Gasteiger partial charge in [-0.3, -0.25) is 4.79 Å². The quantitative estimate of drug-likeness (QED) is 0.832. The van der Waals surface area contributed by atoms with Gasteiger partial charge in [0.2, 0.25) is 5.91 Å². The van der Waals surface area contributed by atoms with Crippen molar-refractivity contribution in [3.8, 4) is 0 Å². The van der Waals surface area contributed by atoms with Gasteiger partial charge in [0, 0.05) is 5.92 Å². The third-order valence-corrected chi connectivity index (χ3v) is 4.91. The van der Waals surface area contributed by atoms with E-state index in [1.807, 2.05) is 11.0 Å². The summed E-state index contributed by atoms with van der Waals surface area (Å²) in [4.78, 5) is 14.6. The molecule has 3 rings (SSSR count). The predicted molar refractivity (Wildman–Crippen MR) is 82.7 cm³/mol. The highest BCUT2D eigenvalue weighted by molar-refractivity contribution is 5.79. The van der Waals surface area contributed by atoms with Crippen LogP contribution in [0.3, 0.4) is 0 Å². The fraction of sp³-hybridized carbons (Fsp3) is 0.611. The summed E-state index contributed by atoms with van der Waals surface area (Å²) >= 11 is 0. The third kappa shape index (κ3) is 3.46. The fourth-order valence-electron chi connectivity index (χ4n) is 3.39. The van der Waals surface area contributed by atoms with Crippen LogP contribution in [-0.2, 0) is 16.0 Å². The minimum absolute atomic E-state index is 0.135. The molecule has 1 amide bonds. The Bertz CT molecular complexity index is 469. The number of amides is 1. The number of hydrogen-bond acceptors (Lipinski definition) is 2. The van der Waals surface area contributed by atoms with Gasteiger partial charge in [-0.05, 0) is 24.3 Å². The predicted octanol–water partition coefficient (Wildman–Crippen LogP) is 3.24. The number of carbonyl (C=O) groups excluding carboxylic acids is 1. The highest BCUT2D eigenvalue weighted by Crippen LogP contribution is 2.33. The lowest BCUT2D eigenvalue weighted by molar-refractivity contribution is -0.137. The molecule has 2 atom stereocenters. The molecule has 1 heterocycles. The Hall–Kier alpha value is -1.35. The second-order valence-corrected chi connectivity index (χ2v) is 6.59.